The summed E-state index contributed by atoms with van der Waals surface area (Å²) >= 11 is 3.37. The number of carboxylic acids is 1. The number of benzene rings is 1. The maximum Gasteiger partial charge on any atom is 0.412 e. The normalized spacial score (nSPS) is 11.9. The molecule has 1 rings (SSSR count). The number of halogens is 1. The molecule has 0 fully saturated rings. The molecule has 0 bridgehead atoms. The van der Waals surface area contributed by atoms with Gasteiger partial charge in [0.2, 0.25) is 0 Å². The standard InChI is InChI=1S/C16H22BrNO4/c1-15(2,3)22-14(21)18-12-8-10(6-7-11(12)17)16(4,5)9-13(19)20/h6-8H,9H2,1-5H3,(H,18,21)(H,19,20). The molecule has 0 aliphatic heterocycles. The second kappa shape index (κ2) is 6.69. The summed E-state index contributed by atoms with van der Waals surface area (Å²) in [4.78, 5) is 22.8. The number of hydrogen-bond donors (Lipinski definition) is 2. The number of amides is 1. The Kier molecular flexibility index (Phi) is 5.62. The predicted octanol–water partition coefficient (Wildman–Crippen LogP) is 4.55. The Morgan fingerprint density at radius 1 is 1.23 bits per heavy atom. The van der Waals surface area contributed by atoms with Gasteiger partial charge >= 0.3 is 12.1 Å². The van der Waals surface area contributed by atoms with Crippen LogP contribution in [0.4, 0.5) is 10.5 Å². The van der Waals surface area contributed by atoms with Crippen LogP contribution >= 0.6 is 15.9 Å². The van der Waals surface area contributed by atoms with E-state index >= 15 is 0 Å². The fraction of sp³-hybridized carbons (Fsp3) is 0.500. The Labute approximate surface area is 139 Å². The van der Waals surface area contributed by atoms with Crippen LogP contribution in [-0.2, 0) is 14.9 Å². The van der Waals surface area contributed by atoms with Gasteiger partial charge in [0.05, 0.1) is 12.1 Å². The largest absolute Gasteiger partial charge is 0.481 e. The molecule has 1 aromatic rings. The lowest BCUT2D eigenvalue weighted by Gasteiger charge is -2.25. The summed E-state index contributed by atoms with van der Waals surface area (Å²) in [6.07, 6.45) is -0.554. The van der Waals surface area contributed by atoms with Crippen LogP contribution in [0.1, 0.15) is 46.6 Å². The van der Waals surface area contributed by atoms with Crippen LogP contribution in [0.2, 0.25) is 0 Å². The highest BCUT2D eigenvalue weighted by Crippen LogP contribution is 2.32. The summed E-state index contributed by atoms with van der Waals surface area (Å²) in [5, 5.41) is 11.7. The van der Waals surface area contributed by atoms with Crippen LogP contribution in [0.25, 0.3) is 0 Å². The van der Waals surface area contributed by atoms with E-state index in [0.717, 1.165) is 5.56 Å². The van der Waals surface area contributed by atoms with Gasteiger partial charge in [-0.15, -0.1) is 0 Å². The van der Waals surface area contributed by atoms with Gasteiger partial charge in [-0.3, -0.25) is 10.1 Å². The second-order valence-corrected chi connectivity index (χ2v) is 7.63. The first kappa shape index (κ1) is 18.5. The highest BCUT2D eigenvalue weighted by atomic mass is 79.9. The maximum atomic E-state index is 11.9. The second-order valence-electron chi connectivity index (χ2n) is 6.78. The van der Waals surface area contributed by atoms with E-state index in [1.807, 2.05) is 19.9 Å². The van der Waals surface area contributed by atoms with Crippen LogP contribution in [0.15, 0.2) is 22.7 Å². The van der Waals surface area contributed by atoms with Gasteiger partial charge in [-0.05, 0) is 54.4 Å². The van der Waals surface area contributed by atoms with Gasteiger partial charge < -0.3 is 9.84 Å². The third-order valence-corrected chi connectivity index (χ3v) is 3.67. The Bertz CT molecular complexity index is 576. The number of ether oxygens (including phenoxy) is 1. The molecular weight excluding hydrogens is 350 g/mol. The highest BCUT2D eigenvalue weighted by molar-refractivity contribution is 9.10. The van der Waals surface area contributed by atoms with Gasteiger partial charge in [-0.1, -0.05) is 19.9 Å². The average molecular weight is 372 g/mol. The summed E-state index contributed by atoms with van der Waals surface area (Å²) in [5.74, 6) is -0.866. The third kappa shape index (κ3) is 5.67. The van der Waals surface area contributed by atoms with Crippen LogP contribution in [0.5, 0.6) is 0 Å². The monoisotopic (exact) mass is 371 g/mol. The molecule has 0 saturated carbocycles. The molecule has 0 aromatic heterocycles. The summed E-state index contributed by atoms with van der Waals surface area (Å²) < 4.78 is 5.92. The Morgan fingerprint density at radius 3 is 2.32 bits per heavy atom. The summed E-state index contributed by atoms with van der Waals surface area (Å²) in [6.45, 7) is 9.05. The minimum absolute atomic E-state index is 0.000506. The van der Waals surface area contributed by atoms with Crippen LogP contribution < -0.4 is 5.32 Å². The lowest BCUT2D eigenvalue weighted by atomic mass is 9.81. The highest BCUT2D eigenvalue weighted by Gasteiger charge is 2.25. The maximum absolute atomic E-state index is 11.9. The van der Waals surface area contributed by atoms with E-state index in [9.17, 15) is 9.59 Å². The zero-order valence-electron chi connectivity index (χ0n) is 13.5. The first-order chi connectivity index (χ1) is 9.90. The first-order valence-corrected chi connectivity index (χ1v) is 7.72. The zero-order valence-corrected chi connectivity index (χ0v) is 15.1. The van der Waals surface area contributed by atoms with Crippen molar-refractivity contribution >= 4 is 33.7 Å². The molecule has 1 amide bonds. The quantitative estimate of drug-likeness (QED) is 0.813. The van der Waals surface area contributed by atoms with E-state index in [2.05, 4.69) is 21.2 Å². The van der Waals surface area contributed by atoms with Gasteiger partial charge in [0.15, 0.2) is 0 Å². The lowest BCUT2D eigenvalue weighted by Crippen LogP contribution is -2.27. The van der Waals surface area contributed by atoms with E-state index in [1.165, 1.54) is 0 Å². The van der Waals surface area contributed by atoms with Gasteiger partial charge in [0.25, 0.3) is 0 Å². The van der Waals surface area contributed by atoms with Crippen LogP contribution in [0.3, 0.4) is 0 Å². The summed E-state index contributed by atoms with van der Waals surface area (Å²) in [6, 6.07) is 5.38. The van der Waals surface area contributed by atoms with Crippen molar-refractivity contribution in [1.82, 2.24) is 0 Å². The van der Waals surface area contributed by atoms with Crippen molar-refractivity contribution in [1.29, 1.82) is 0 Å². The van der Waals surface area contributed by atoms with E-state index in [0.29, 0.717) is 10.2 Å². The number of carbonyl (C=O) groups is 2. The topological polar surface area (TPSA) is 75.6 Å². The molecular formula is C16H22BrNO4. The molecule has 2 N–H and O–H groups in total. The van der Waals surface area contributed by atoms with E-state index in [1.54, 1.807) is 32.9 Å². The number of rotatable bonds is 4. The van der Waals surface area contributed by atoms with E-state index < -0.39 is 23.1 Å². The Balaban J connectivity index is 3.00. The van der Waals surface area contributed by atoms with E-state index in [4.69, 9.17) is 9.84 Å². The van der Waals surface area contributed by atoms with Crippen molar-refractivity contribution in [2.45, 2.75) is 52.1 Å². The number of carbonyl (C=O) groups excluding carboxylic acids is 1. The van der Waals surface area contributed by atoms with Crippen LogP contribution in [-0.4, -0.2) is 22.8 Å². The molecule has 0 atom stereocenters. The van der Waals surface area contributed by atoms with Gasteiger partial charge in [-0.25, -0.2) is 4.79 Å². The molecule has 0 heterocycles. The zero-order chi connectivity index (χ0) is 17.1. The minimum Gasteiger partial charge on any atom is -0.481 e. The van der Waals surface area contributed by atoms with Gasteiger partial charge in [-0.2, -0.15) is 0 Å². The van der Waals surface area contributed by atoms with Gasteiger partial charge in [0.1, 0.15) is 5.60 Å². The lowest BCUT2D eigenvalue weighted by molar-refractivity contribution is -0.138. The first-order valence-electron chi connectivity index (χ1n) is 6.92. The molecule has 0 aliphatic carbocycles. The summed E-state index contributed by atoms with van der Waals surface area (Å²) in [5.41, 5.74) is 0.238. The molecule has 5 nitrogen and oxygen atoms in total. The molecule has 1 aromatic carbocycles. The predicted molar refractivity (Wildman–Crippen MR) is 89.3 cm³/mol. The minimum atomic E-state index is -0.866. The molecule has 122 valence electrons. The Morgan fingerprint density at radius 2 is 1.82 bits per heavy atom. The molecule has 0 radical (unpaired) electrons. The van der Waals surface area contributed by atoms with Crippen molar-refractivity contribution in [3.8, 4) is 0 Å². The van der Waals surface area contributed by atoms with Crippen LogP contribution in [0, 0.1) is 0 Å². The number of hydrogen-bond acceptors (Lipinski definition) is 3. The number of carboxylic acid groups (broad SMARTS) is 1. The fourth-order valence-electron chi connectivity index (χ4n) is 1.94. The van der Waals surface area contributed by atoms with Gasteiger partial charge in [0, 0.05) is 9.89 Å². The van der Waals surface area contributed by atoms with Crippen molar-refractivity contribution in [2.75, 3.05) is 5.32 Å². The van der Waals surface area contributed by atoms with Crippen molar-refractivity contribution in [2.24, 2.45) is 0 Å². The SMILES string of the molecule is CC(C)(C)OC(=O)Nc1cc(C(C)(C)CC(=O)O)ccc1Br. The van der Waals surface area contributed by atoms with Crippen molar-refractivity contribution < 1.29 is 19.4 Å². The van der Waals surface area contributed by atoms with Crippen molar-refractivity contribution in [3.05, 3.63) is 28.2 Å². The average Bonchev–Trinajstić information content (AvgIpc) is 2.27. The molecule has 0 aliphatic rings. The number of nitrogens with one attached hydrogen (secondary N) is 1. The smallest absolute Gasteiger partial charge is 0.412 e. The molecule has 6 heteroatoms. The number of aliphatic carboxylic acids is 1. The van der Waals surface area contributed by atoms with Crippen molar-refractivity contribution in [3.63, 3.8) is 0 Å². The molecule has 0 saturated heterocycles. The molecule has 0 spiro atoms. The fourth-order valence-corrected chi connectivity index (χ4v) is 2.28. The summed E-state index contributed by atoms with van der Waals surface area (Å²) in [7, 11) is 0. The number of anilines is 1. The third-order valence-electron chi connectivity index (χ3n) is 2.98. The van der Waals surface area contributed by atoms with E-state index in [-0.39, 0.29) is 6.42 Å². The molecule has 22 heavy (non-hydrogen) atoms. The Hall–Kier alpha value is -1.56. The molecule has 0 unspecified atom stereocenters.